The molecule has 3 rings (SSSR count). The molecule has 9 nitrogen and oxygen atoms in total. The monoisotopic (exact) mass is 494 g/mol. The van der Waals surface area contributed by atoms with Crippen molar-refractivity contribution in [2.75, 3.05) is 25.3 Å². The van der Waals surface area contributed by atoms with Crippen LogP contribution in [0.2, 0.25) is 0 Å². The summed E-state index contributed by atoms with van der Waals surface area (Å²) >= 11 is 1.19. The van der Waals surface area contributed by atoms with Gasteiger partial charge < -0.3 is 14.8 Å². The number of ketones is 1. The largest absolute Gasteiger partial charge is 0.495 e. The quantitative estimate of drug-likeness (QED) is 0.150. The average Bonchev–Trinajstić information content (AvgIpc) is 2.86. The van der Waals surface area contributed by atoms with Crippen molar-refractivity contribution < 1.29 is 28.8 Å². The van der Waals surface area contributed by atoms with Gasteiger partial charge in [-0.05, 0) is 49.1 Å². The van der Waals surface area contributed by atoms with Gasteiger partial charge in [0, 0.05) is 17.2 Å². The fraction of sp³-hybridized carbons (Fsp3) is 0.160. The zero-order valence-corrected chi connectivity index (χ0v) is 20.0. The van der Waals surface area contributed by atoms with Gasteiger partial charge in [0.15, 0.2) is 12.4 Å². The van der Waals surface area contributed by atoms with Crippen LogP contribution in [0.3, 0.4) is 0 Å². The number of nitro groups is 1. The molecule has 0 spiro atoms. The second-order valence-corrected chi connectivity index (χ2v) is 8.19. The fourth-order valence-electron chi connectivity index (χ4n) is 3.30. The van der Waals surface area contributed by atoms with Crippen LogP contribution in [0.4, 0.5) is 11.4 Å². The molecular weight excluding hydrogens is 472 g/mol. The summed E-state index contributed by atoms with van der Waals surface area (Å²) in [6.45, 7) is 1.26. The molecule has 1 amide bonds. The first-order valence-corrected chi connectivity index (χ1v) is 11.6. The average molecular weight is 495 g/mol. The molecule has 0 bridgehead atoms. The fourth-order valence-corrected chi connectivity index (χ4v) is 3.85. The molecule has 0 unspecified atom stereocenters. The predicted octanol–water partition coefficient (Wildman–Crippen LogP) is 4.66. The van der Waals surface area contributed by atoms with Crippen LogP contribution < -0.4 is 10.1 Å². The van der Waals surface area contributed by atoms with Crippen molar-refractivity contribution >= 4 is 40.8 Å². The molecule has 0 atom stereocenters. The molecule has 180 valence electrons. The Labute approximate surface area is 205 Å². The Kier molecular flexibility index (Phi) is 8.21. The summed E-state index contributed by atoms with van der Waals surface area (Å²) in [4.78, 5) is 49.4. The third-order valence-corrected chi connectivity index (χ3v) is 5.78. The minimum absolute atomic E-state index is 0.00413. The van der Waals surface area contributed by atoms with Gasteiger partial charge in [0.05, 0.1) is 28.2 Å². The lowest BCUT2D eigenvalue weighted by Gasteiger charge is -2.12. The smallest absolute Gasteiger partial charge is 0.339 e. The van der Waals surface area contributed by atoms with Crippen molar-refractivity contribution in [3.05, 3.63) is 93.0 Å². The number of hydrogen-bond donors (Lipinski definition) is 1. The number of nitrogens with one attached hydrogen (secondary N) is 1. The Morgan fingerprint density at radius 3 is 2.40 bits per heavy atom. The molecule has 35 heavy (non-hydrogen) atoms. The first-order valence-electron chi connectivity index (χ1n) is 10.3. The molecule has 3 aromatic carbocycles. The number of ether oxygens (including phenoxy) is 2. The molecule has 3 aromatic rings. The summed E-state index contributed by atoms with van der Waals surface area (Å²) in [5, 5.41) is 14.0. The highest BCUT2D eigenvalue weighted by Gasteiger charge is 2.23. The summed E-state index contributed by atoms with van der Waals surface area (Å²) < 4.78 is 10.3. The second-order valence-electron chi connectivity index (χ2n) is 7.35. The van der Waals surface area contributed by atoms with Crippen molar-refractivity contribution in [2.24, 2.45) is 0 Å². The van der Waals surface area contributed by atoms with Crippen molar-refractivity contribution in [3.8, 4) is 5.75 Å². The van der Waals surface area contributed by atoms with E-state index in [4.69, 9.17) is 9.47 Å². The molecule has 1 N–H and O–H groups in total. The number of thioether (sulfide) groups is 1. The van der Waals surface area contributed by atoms with E-state index in [2.05, 4.69) is 5.32 Å². The lowest BCUT2D eigenvalue weighted by molar-refractivity contribution is -0.387. The van der Waals surface area contributed by atoms with Gasteiger partial charge in [-0.25, -0.2) is 4.79 Å². The zero-order chi connectivity index (χ0) is 25.5. The number of carbonyl (C=O) groups excluding carboxylic acids is 3. The second kappa shape index (κ2) is 11.3. The van der Waals surface area contributed by atoms with Crippen molar-refractivity contribution in [1.29, 1.82) is 0 Å². The molecular formula is C25H22N2O7S. The van der Waals surface area contributed by atoms with Crippen molar-refractivity contribution in [2.45, 2.75) is 11.8 Å². The highest BCUT2D eigenvalue weighted by Crippen LogP contribution is 2.29. The molecule has 0 aliphatic heterocycles. The minimum Gasteiger partial charge on any atom is -0.495 e. The van der Waals surface area contributed by atoms with Crippen LogP contribution in [-0.4, -0.2) is 42.6 Å². The van der Waals surface area contributed by atoms with Gasteiger partial charge in [-0.3, -0.25) is 19.7 Å². The third-order valence-electron chi connectivity index (χ3n) is 4.99. The third kappa shape index (κ3) is 6.04. The van der Waals surface area contributed by atoms with E-state index in [9.17, 15) is 24.5 Å². The number of nitro benzene ring substituents is 1. The topological polar surface area (TPSA) is 125 Å². The number of benzene rings is 3. The lowest BCUT2D eigenvalue weighted by Crippen LogP contribution is -2.22. The predicted molar refractivity (Wildman–Crippen MR) is 131 cm³/mol. The maximum atomic E-state index is 13.1. The molecule has 0 saturated carbocycles. The van der Waals surface area contributed by atoms with E-state index >= 15 is 0 Å². The van der Waals surface area contributed by atoms with Gasteiger partial charge in [0.2, 0.25) is 0 Å². The number of rotatable bonds is 9. The number of aryl methyl sites for hydroxylation is 1. The first-order chi connectivity index (χ1) is 16.7. The number of amides is 1. The van der Waals surface area contributed by atoms with Gasteiger partial charge in [-0.1, -0.05) is 24.3 Å². The number of carbonyl (C=O) groups is 3. The SMILES string of the molecule is COc1ccc(C)cc1NC(=O)COC(=O)c1ccccc1C(=O)c1ccc(SC)c([N+](=O)[O-])c1. The van der Waals surface area contributed by atoms with Gasteiger partial charge in [0.1, 0.15) is 5.75 Å². The molecule has 0 heterocycles. The Morgan fingerprint density at radius 2 is 1.74 bits per heavy atom. The molecule has 0 aliphatic carbocycles. The normalized spacial score (nSPS) is 10.4. The van der Waals surface area contributed by atoms with E-state index in [1.165, 1.54) is 49.2 Å². The Morgan fingerprint density at radius 1 is 1.03 bits per heavy atom. The number of nitrogens with zero attached hydrogens (tertiary/aromatic N) is 1. The first kappa shape index (κ1) is 25.4. The van der Waals surface area contributed by atoms with Gasteiger partial charge >= 0.3 is 5.97 Å². The minimum atomic E-state index is -0.879. The van der Waals surface area contributed by atoms with Crippen LogP contribution in [0, 0.1) is 17.0 Å². The summed E-state index contributed by atoms with van der Waals surface area (Å²) in [6, 6.07) is 15.3. The lowest BCUT2D eigenvalue weighted by atomic mass is 9.98. The number of anilines is 1. The van der Waals surface area contributed by atoms with Gasteiger partial charge in [0.25, 0.3) is 11.6 Å². The summed E-state index contributed by atoms with van der Waals surface area (Å²) in [5.74, 6) is -1.60. The van der Waals surface area contributed by atoms with E-state index in [1.54, 1.807) is 30.5 Å². The van der Waals surface area contributed by atoms with Crippen LogP contribution in [-0.2, 0) is 9.53 Å². The number of methoxy groups -OCH3 is 1. The summed E-state index contributed by atoms with van der Waals surface area (Å²) in [6.07, 6.45) is 1.69. The van der Waals surface area contributed by atoms with E-state index < -0.39 is 29.2 Å². The highest BCUT2D eigenvalue weighted by atomic mass is 32.2. The van der Waals surface area contributed by atoms with E-state index in [0.717, 1.165) is 5.56 Å². The summed E-state index contributed by atoms with van der Waals surface area (Å²) in [5.41, 5.74) is 1.13. The van der Waals surface area contributed by atoms with Crippen molar-refractivity contribution in [3.63, 3.8) is 0 Å². The highest BCUT2D eigenvalue weighted by molar-refractivity contribution is 7.98. The van der Waals surface area contributed by atoms with Crippen LogP contribution >= 0.6 is 11.8 Å². The molecule has 0 saturated heterocycles. The van der Waals surface area contributed by atoms with Crippen LogP contribution in [0.1, 0.15) is 31.8 Å². The maximum absolute atomic E-state index is 13.1. The Bertz CT molecular complexity index is 1310. The van der Waals surface area contributed by atoms with Gasteiger partial charge in [-0.15, -0.1) is 11.8 Å². The Hall–Kier alpha value is -4.18. The van der Waals surface area contributed by atoms with Crippen molar-refractivity contribution in [1.82, 2.24) is 0 Å². The standard InChI is InChI=1S/C25H22N2O7S/c1-15-8-10-21(33-2)19(12-15)26-23(28)14-34-25(30)18-7-5-4-6-17(18)24(29)16-9-11-22(35-3)20(13-16)27(31)32/h4-13H,14H2,1-3H3,(H,26,28). The maximum Gasteiger partial charge on any atom is 0.339 e. The van der Waals surface area contributed by atoms with Crippen LogP contribution in [0.15, 0.2) is 65.6 Å². The molecule has 0 fully saturated rings. The van der Waals surface area contributed by atoms with E-state index in [0.29, 0.717) is 16.3 Å². The molecule has 0 aliphatic rings. The number of hydrogen-bond acceptors (Lipinski definition) is 8. The zero-order valence-electron chi connectivity index (χ0n) is 19.2. The Balaban J connectivity index is 1.77. The molecule has 0 radical (unpaired) electrons. The van der Waals surface area contributed by atoms with Crippen LogP contribution in [0.5, 0.6) is 5.75 Å². The number of esters is 1. The molecule has 10 heteroatoms. The molecule has 0 aromatic heterocycles. The van der Waals surface area contributed by atoms with E-state index in [1.807, 2.05) is 13.0 Å². The van der Waals surface area contributed by atoms with E-state index in [-0.39, 0.29) is 22.4 Å². The van der Waals surface area contributed by atoms with Gasteiger partial charge in [-0.2, -0.15) is 0 Å². The van der Waals surface area contributed by atoms with Crippen LogP contribution in [0.25, 0.3) is 0 Å². The summed E-state index contributed by atoms with van der Waals surface area (Å²) in [7, 11) is 1.47.